The van der Waals surface area contributed by atoms with Crippen molar-refractivity contribution < 1.29 is 27.5 Å². The Morgan fingerprint density at radius 1 is 1.19 bits per heavy atom. The Hall–Kier alpha value is -2.58. The van der Waals surface area contributed by atoms with Gasteiger partial charge >= 0.3 is 11.9 Å². The summed E-state index contributed by atoms with van der Waals surface area (Å²) in [6.07, 6.45) is 0.591. The second-order valence-corrected chi connectivity index (χ2v) is 7.99. The van der Waals surface area contributed by atoms with E-state index < -0.39 is 28.6 Å². The third kappa shape index (κ3) is 3.77. The van der Waals surface area contributed by atoms with Crippen molar-refractivity contribution in [1.29, 1.82) is 0 Å². The summed E-state index contributed by atoms with van der Waals surface area (Å²) >= 11 is 6.11. The summed E-state index contributed by atoms with van der Waals surface area (Å²) in [5.74, 6) is -1.57. The molecule has 0 saturated carbocycles. The third-order valence-electron chi connectivity index (χ3n) is 4.13. The van der Waals surface area contributed by atoms with Crippen molar-refractivity contribution in [2.24, 2.45) is 0 Å². The van der Waals surface area contributed by atoms with Gasteiger partial charge in [0.2, 0.25) is 0 Å². The number of esters is 2. The number of methoxy groups -OCH3 is 1. The molecule has 0 amide bonds. The summed E-state index contributed by atoms with van der Waals surface area (Å²) < 4.78 is 36.7. The number of hydrogen-bond acceptors (Lipinski definition) is 6. The number of rotatable bonds is 5. The maximum absolute atomic E-state index is 13.1. The first-order chi connectivity index (χ1) is 12.8. The summed E-state index contributed by atoms with van der Waals surface area (Å²) in [7, 11) is -2.81. The van der Waals surface area contributed by atoms with Crippen molar-refractivity contribution in [1.82, 2.24) is 0 Å². The van der Waals surface area contributed by atoms with Gasteiger partial charge in [-0.3, -0.25) is 4.31 Å². The van der Waals surface area contributed by atoms with Gasteiger partial charge in [0, 0.05) is 6.54 Å². The van der Waals surface area contributed by atoms with E-state index in [1.54, 1.807) is 12.1 Å². The molecule has 27 heavy (non-hydrogen) atoms. The molecule has 0 fully saturated rings. The predicted molar refractivity (Wildman–Crippen MR) is 98.4 cm³/mol. The van der Waals surface area contributed by atoms with E-state index in [0.717, 1.165) is 18.7 Å². The zero-order valence-electron chi connectivity index (χ0n) is 14.3. The molecule has 2 aromatic rings. The molecule has 2 aromatic carbocycles. The van der Waals surface area contributed by atoms with E-state index >= 15 is 0 Å². The van der Waals surface area contributed by atoms with E-state index in [1.165, 1.54) is 16.4 Å². The average molecular weight is 410 g/mol. The average Bonchev–Trinajstić information content (AvgIpc) is 3.11. The topological polar surface area (TPSA) is 90.0 Å². The van der Waals surface area contributed by atoms with Crippen LogP contribution >= 0.6 is 11.6 Å². The fraction of sp³-hybridized carbons (Fsp3) is 0.222. The van der Waals surface area contributed by atoms with Gasteiger partial charge in [0.15, 0.2) is 6.61 Å². The summed E-state index contributed by atoms with van der Waals surface area (Å²) in [5, 5.41) is -0.0103. The number of benzene rings is 2. The highest BCUT2D eigenvalue weighted by molar-refractivity contribution is 7.93. The lowest BCUT2D eigenvalue weighted by molar-refractivity contribution is -0.144. The minimum atomic E-state index is -3.97. The Kier molecular flexibility index (Phi) is 5.38. The van der Waals surface area contributed by atoms with E-state index in [2.05, 4.69) is 4.74 Å². The molecular formula is C18H16ClNO6S. The molecule has 1 heterocycles. The van der Waals surface area contributed by atoms with Gasteiger partial charge < -0.3 is 9.47 Å². The lowest BCUT2D eigenvalue weighted by Crippen LogP contribution is -2.29. The Morgan fingerprint density at radius 2 is 1.93 bits per heavy atom. The van der Waals surface area contributed by atoms with Crippen molar-refractivity contribution in [3.05, 3.63) is 58.6 Å². The fourth-order valence-corrected chi connectivity index (χ4v) is 4.78. The lowest BCUT2D eigenvalue weighted by atomic mass is 10.2. The molecule has 142 valence electrons. The van der Waals surface area contributed by atoms with E-state index in [9.17, 15) is 18.0 Å². The highest BCUT2D eigenvalue weighted by Crippen LogP contribution is 2.35. The molecule has 3 rings (SSSR count). The van der Waals surface area contributed by atoms with E-state index in [4.69, 9.17) is 16.3 Å². The molecule has 0 bridgehead atoms. The number of nitrogens with zero attached hydrogens (tertiary/aromatic N) is 1. The van der Waals surface area contributed by atoms with Gasteiger partial charge in [0.25, 0.3) is 10.0 Å². The molecule has 1 aliphatic rings. The molecule has 0 aromatic heterocycles. The van der Waals surface area contributed by atoms with Crippen molar-refractivity contribution in [2.45, 2.75) is 11.3 Å². The highest BCUT2D eigenvalue weighted by atomic mass is 35.5. The predicted octanol–water partition coefficient (Wildman–Crippen LogP) is 2.42. The van der Waals surface area contributed by atoms with Crippen molar-refractivity contribution in [2.75, 3.05) is 24.6 Å². The normalized spacial score (nSPS) is 13.2. The van der Waals surface area contributed by atoms with Gasteiger partial charge in [-0.2, -0.15) is 0 Å². The molecule has 9 heteroatoms. The van der Waals surface area contributed by atoms with Crippen LogP contribution in [0.1, 0.15) is 15.9 Å². The van der Waals surface area contributed by atoms with Gasteiger partial charge in [-0.1, -0.05) is 29.8 Å². The monoisotopic (exact) mass is 409 g/mol. The summed E-state index contributed by atoms with van der Waals surface area (Å²) in [4.78, 5) is 23.0. The smallest absolute Gasteiger partial charge is 0.344 e. The molecule has 0 unspecified atom stereocenters. The number of sulfonamides is 1. The van der Waals surface area contributed by atoms with Crippen LogP contribution in [0.15, 0.2) is 47.4 Å². The number of halogens is 1. The minimum absolute atomic E-state index is 0.0103. The van der Waals surface area contributed by atoms with Gasteiger partial charge in [0.1, 0.15) is 4.90 Å². The van der Waals surface area contributed by atoms with E-state index in [-0.39, 0.29) is 22.0 Å². The van der Waals surface area contributed by atoms with Crippen LogP contribution in [-0.4, -0.2) is 40.6 Å². The molecular weight excluding hydrogens is 394 g/mol. The molecule has 0 atom stereocenters. The van der Waals surface area contributed by atoms with Crippen LogP contribution in [0.5, 0.6) is 0 Å². The lowest BCUT2D eigenvalue weighted by Gasteiger charge is -2.20. The summed E-state index contributed by atoms with van der Waals surface area (Å²) in [6, 6.07) is 11.0. The molecule has 0 aliphatic carbocycles. The van der Waals surface area contributed by atoms with Gasteiger partial charge in [-0.15, -0.1) is 0 Å². The first kappa shape index (κ1) is 19.2. The van der Waals surface area contributed by atoms with E-state index in [0.29, 0.717) is 12.1 Å². The largest absolute Gasteiger partial charge is 0.466 e. The number of carbonyl (C=O) groups is 2. The Labute approximate surface area is 161 Å². The van der Waals surface area contributed by atoms with Crippen LogP contribution < -0.4 is 4.31 Å². The molecule has 1 aliphatic heterocycles. The van der Waals surface area contributed by atoms with Crippen LogP contribution in [0.2, 0.25) is 5.02 Å². The Balaban J connectivity index is 1.92. The zero-order chi connectivity index (χ0) is 19.6. The molecule has 0 saturated heterocycles. The molecule has 0 spiro atoms. The number of ether oxygens (including phenoxy) is 2. The highest BCUT2D eigenvalue weighted by Gasteiger charge is 2.32. The second kappa shape index (κ2) is 7.58. The van der Waals surface area contributed by atoms with Crippen LogP contribution in [0.25, 0.3) is 0 Å². The first-order valence-electron chi connectivity index (χ1n) is 7.98. The van der Waals surface area contributed by atoms with Crippen molar-refractivity contribution in [3.63, 3.8) is 0 Å². The molecule has 7 nitrogen and oxygen atoms in total. The number of para-hydroxylation sites is 1. The minimum Gasteiger partial charge on any atom is -0.466 e. The van der Waals surface area contributed by atoms with Crippen molar-refractivity contribution in [3.8, 4) is 0 Å². The van der Waals surface area contributed by atoms with E-state index in [1.807, 2.05) is 12.1 Å². The van der Waals surface area contributed by atoms with Crippen LogP contribution in [0, 0.1) is 0 Å². The van der Waals surface area contributed by atoms with Gasteiger partial charge in [-0.05, 0) is 36.2 Å². The zero-order valence-corrected chi connectivity index (χ0v) is 15.9. The SMILES string of the molecule is COC(=O)COC(=O)c1ccc(Cl)c(S(=O)(=O)N2CCc3ccccc32)c1. The maximum atomic E-state index is 13.1. The fourth-order valence-electron chi connectivity index (χ4n) is 2.77. The second-order valence-electron chi connectivity index (χ2n) is 5.75. The van der Waals surface area contributed by atoms with Gasteiger partial charge in [-0.25, -0.2) is 18.0 Å². The van der Waals surface area contributed by atoms with Crippen LogP contribution in [-0.2, 0) is 30.7 Å². The summed E-state index contributed by atoms with van der Waals surface area (Å²) in [6.45, 7) is -0.283. The number of anilines is 1. The standard InChI is InChI=1S/C18H16ClNO6S/c1-25-17(21)11-26-18(22)13-6-7-14(19)16(10-13)27(23,24)20-9-8-12-4-2-3-5-15(12)20/h2-7,10H,8-9,11H2,1H3. The quantitative estimate of drug-likeness (QED) is 0.704. The third-order valence-corrected chi connectivity index (χ3v) is 6.42. The first-order valence-corrected chi connectivity index (χ1v) is 9.80. The van der Waals surface area contributed by atoms with Crippen molar-refractivity contribution >= 4 is 39.3 Å². The number of carbonyl (C=O) groups excluding carboxylic acids is 2. The van der Waals surface area contributed by atoms with Gasteiger partial charge in [0.05, 0.1) is 23.4 Å². The van der Waals surface area contributed by atoms with Crippen LogP contribution in [0.4, 0.5) is 5.69 Å². The molecule has 0 N–H and O–H groups in total. The molecule has 0 radical (unpaired) electrons. The summed E-state index contributed by atoms with van der Waals surface area (Å²) in [5.41, 5.74) is 1.48. The Morgan fingerprint density at radius 3 is 2.67 bits per heavy atom. The number of fused-ring (bicyclic) bond motifs is 1. The number of hydrogen-bond donors (Lipinski definition) is 0. The Bertz CT molecular complexity index is 1000. The maximum Gasteiger partial charge on any atom is 0.344 e. The van der Waals surface area contributed by atoms with Crippen LogP contribution in [0.3, 0.4) is 0 Å².